The van der Waals surface area contributed by atoms with E-state index in [-0.39, 0.29) is 25.6 Å². The Kier molecular flexibility index (Phi) is 8.48. The second-order valence-corrected chi connectivity index (χ2v) is 7.53. The van der Waals surface area contributed by atoms with E-state index in [1.165, 1.54) is 28.7 Å². The number of rotatable bonds is 9. The third kappa shape index (κ3) is 6.82. The Hall–Kier alpha value is -3.86. The molecule has 0 aliphatic heterocycles. The first-order valence-corrected chi connectivity index (χ1v) is 10.9. The zero-order chi connectivity index (χ0) is 25.4. The van der Waals surface area contributed by atoms with E-state index in [1.54, 1.807) is 13.1 Å². The smallest absolute Gasteiger partial charge is 0.383 e. The van der Waals surface area contributed by atoms with Crippen LogP contribution in [0.2, 0.25) is 0 Å². The van der Waals surface area contributed by atoms with Gasteiger partial charge in [0.25, 0.3) is 0 Å². The van der Waals surface area contributed by atoms with Crippen LogP contribution in [-0.4, -0.2) is 59.7 Å². The number of urea groups is 1. The molecule has 8 nitrogen and oxygen atoms in total. The molecule has 186 valence electrons. The van der Waals surface area contributed by atoms with Gasteiger partial charge in [-0.15, -0.1) is 0 Å². The summed E-state index contributed by atoms with van der Waals surface area (Å²) in [6.45, 7) is 2.32. The number of benzene rings is 2. The van der Waals surface area contributed by atoms with Crippen LogP contribution >= 0.6 is 0 Å². The number of nitrogens with one attached hydrogen (secondary N) is 2. The summed E-state index contributed by atoms with van der Waals surface area (Å²) in [6.07, 6.45) is -2.84. The molecule has 0 unspecified atom stereocenters. The molecule has 0 atom stereocenters. The highest BCUT2D eigenvalue weighted by Crippen LogP contribution is 2.31. The Morgan fingerprint density at radius 1 is 1.09 bits per heavy atom. The van der Waals surface area contributed by atoms with E-state index >= 15 is 0 Å². The second kappa shape index (κ2) is 11.5. The van der Waals surface area contributed by atoms with Crippen LogP contribution < -0.4 is 10.6 Å². The maximum absolute atomic E-state index is 13.0. The van der Waals surface area contributed by atoms with E-state index < -0.39 is 23.7 Å². The van der Waals surface area contributed by atoms with Crippen LogP contribution in [-0.2, 0) is 15.7 Å². The molecule has 0 saturated heterocycles. The lowest BCUT2D eigenvalue weighted by molar-refractivity contribution is -0.137. The fourth-order valence-corrected chi connectivity index (χ4v) is 3.28. The van der Waals surface area contributed by atoms with Crippen molar-refractivity contribution in [3.63, 3.8) is 0 Å². The number of hydrogen-bond acceptors (Lipinski definition) is 4. The first-order chi connectivity index (χ1) is 16.7. The normalized spacial score (nSPS) is 11.2. The monoisotopic (exact) mass is 489 g/mol. The molecule has 11 heteroatoms. The van der Waals surface area contributed by atoms with Gasteiger partial charge in [-0.1, -0.05) is 30.3 Å². The van der Waals surface area contributed by atoms with Crippen molar-refractivity contribution in [3.05, 3.63) is 66.4 Å². The average Bonchev–Trinajstić information content (AvgIpc) is 3.25. The summed E-state index contributed by atoms with van der Waals surface area (Å²) in [5.74, 6) is -0.415. The number of carbonyl (C=O) groups excluding carboxylic acids is 2. The van der Waals surface area contributed by atoms with Gasteiger partial charge in [0.2, 0.25) is 11.9 Å². The maximum atomic E-state index is 13.0. The van der Waals surface area contributed by atoms with Crippen molar-refractivity contribution >= 4 is 17.9 Å². The Morgan fingerprint density at radius 2 is 1.77 bits per heavy atom. The molecule has 2 N–H and O–H groups in total. The van der Waals surface area contributed by atoms with Crippen LogP contribution in [0.1, 0.15) is 12.5 Å². The topological polar surface area (TPSA) is 88.5 Å². The molecule has 2 aromatic carbocycles. The van der Waals surface area contributed by atoms with Crippen LogP contribution in [0.5, 0.6) is 0 Å². The van der Waals surface area contributed by atoms with E-state index in [0.29, 0.717) is 17.9 Å². The van der Waals surface area contributed by atoms with Crippen LogP contribution in [0.15, 0.2) is 60.8 Å². The van der Waals surface area contributed by atoms with Crippen molar-refractivity contribution in [1.82, 2.24) is 19.8 Å². The van der Waals surface area contributed by atoms with Gasteiger partial charge in [0, 0.05) is 37.6 Å². The molecule has 1 aromatic heterocycles. The van der Waals surface area contributed by atoms with Crippen molar-refractivity contribution < 1.29 is 27.5 Å². The van der Waals surface area contributed by atoms with Crippen LogP contribution in [0.25, 0.3) is 16.9 Å². The molecule has 0 bridgehead atoms. The van der Waals surface area contributed by atoms with E-state index in [1.807, 2.05) is 30.3 Å². The van der Waals surface area contributed by atoms with Gasteiger partial charge in [0.1, 0.15) is 6.54 Å². The zero-order valence-electron chi connectivity index (χ0n) is 19.3. The summed E-state index contributed by atoms with van der Waals surface area (Å²) < 4.78 is 45.5. The molecule has 0 saturated carbocycles. The minimum atomic E-state index is -4.47. The Balaban J connectivity index is 1.90. The first-order valence-electron chi connectivity index (χ1n) is 10.9. The lowest BCUT2D eigenvalue weighted by Crippen LogP contribution is -2.45. The number of methoxy groups -OCH3 is 1. The molecule has 3 rings (SSSR count). The third-order valence-corrected chi connectivity index (χ3v) is 5.01. The average molecular weight is 489 g/mol. The van der Waals surface area contributed by atoms with Gasteiger partial charge in [-0.3, -0.25) is 14.7 Å². The van der Waals surface area contributed by atoms with Crippen molar-refractivity contribution in [2.75, 3.05) is 38.7 Å². The molecule has 0 aliphatic rings. The van der Waals surface area contributed by atoms with Gasteiger partial charge < -0.3 is 15.0 Å². The molecule has 1 heterocycles. The van der Waals surface area contributed by atoms with E-state index in [2.05, 4.69) is 15.6 Å². The number of halogens is 3. The third-order valence-electron chi connectivity index (χ3n) is 5.01. The number of hydrogen-bond donors (Lipinski definition) is 2. The number of amides is 3. The van der Waals surface area contributed by atoms with Gasteiger partial charge in [-0.25, -0.2) is 9.78 Å². The fourth-order valence-electron chi connectivity index (χ4n) is 3.28. The molecule has 0 spiro atoms. The highest BCUT2D eigenvalue weighted by Gasteiger charge is 2.30. The molecule has 0 fully saturated rings. The first kappa shape index (κ1) is 25.8. The molecule has 3 aromatic rings. The number of nitrogens with zero attached hydrogens (tertiary/aromatic N) is 3. The van der Waals surface area contributed by atoms with Crippen LogP contribution in [0.3, 0.4) is 0 Å². The van der Waals surface area contributed by atoms with Crippen molar-refractivity contribution in [1.29, 1.82) is 0 Å². The Morgan fingerprint density at radius 3 is 2.37 bits per heavy atom. The zero-order valence-corrected chi connectivity index (χ0v) is 19.3. The standard InChI is InChI=1S/C24H26F3N5O3/c1-3-28-23(34)31(13-14-35-2)16-21(33)30-22-29-20(17-7-5-4-6-8-17)15-32(22)19-11-9-18(10-12-19)24(25,26)27/h4-12,15H,3,13-14,16H2,1-2H3,(H,28,34)(H,29,30,33). The van der Waals surface area contributed by atoms with Gasteiger partial charge in [0.05, 0.1) is 17.9 Å². The SMILES string of the molecule is CCNC(=O)N(CCOC)CC(=O)Nc1nc(-c2ccccc2)cn1-c1ccc(C(F)(F)F)cc1. The summed E-state index contributed by atoms with van der Waals surface area (Å²) in [7, 11) is 1.49. The largest absolute Gasteiger partial charge is 0.416 e. The molecule has 0 aliphatic carbocycles. The number of imidazole rings is 1. The summed E-state index contributed by atoms with van der Waals surface area (Å²) in [6, 6.07) is 13.2. The van der Waals surface area contributed by atoms with Crippen molar-refractivity contribution in [2.24, 2.45) is 0 Å². The number of alkyl halides is 3. The van der Waals surface area contributed by atoms with E-state index in [4.69, 9.17) is 4.74 Å². The summed E-state index contributed by atoms with van der Waals surface area (Å²) in [5, 5.41) is 5.32. The minimum Gasteiger partial charge on any atom is -0.383 e. The quantitative estimate of drug-likeness (QED) is 0.472. The number of carbonyl (C=O) groups is 2. The molecular weight excluding hydrogens is 463 g/mol. The second-order valence-electron chi connectivity index (χ2n) is 7.53. The Bertz CT molecular complexity index is 1130. The fraction of sp³-hybridized carbons (Fsp3) is 0.292. The predicted molar refractivity (Wildman–Crippen MR) is 125 cm³/mol. The molecular formula is C24H26F3N5O3. The number of aromatic nitrogens is 2. The summed E-state index contributed by atoms with van der Waals surface area (Å²) in [5.41, 5.74) is 0.868. The van der Waals surface area contributed by atoms with Crippen LogP contribution in [0.4, 0.5) is 23.9 Å². The predicted octanol–water partition coefficient (Wildman–Crippen LogP) is 4.17. The lowest BCUT2D eigenvalue weighted by atomic mass is 10.2. The lowest BCUT2D eigenvalue weighted by Gasteiger charge is -2.22. The van der Waals surface area contributed by atoms with E-state index in [0.717, 1.165) is 17.7 Å². The van der Waals surface area contributed by atoms with Crippen molar-refractivity contribution in [3.8, 4) is 16.9 Å². The van der Waals surface area contributed by atoms with E-state index in [9.17, 15) is 22.8 Å². The number of anilines is 1. The van der Waals surface area contributed by atoms with Gasteiger partial charge >= 0.3 is 12.2 Å². The molecule has 35 heavy (non-hydrogen) atoms. The molecule has 3 amide bonds. The number of ether oxygens (including phenoxy) is 1. The van der Waals surface area contributed by atoms with Gasteiger partial charge in [-0.2, -0.15) is 13.2 Å². The van der Waals surface area contributed by atoms with Crippen LogP contribution in [0, 0.1) is 0 Å². The highest BCUT2D eigenvalue weighted by molar-refractivity contribution is 5.93. The summed E-state index contributed by atoms with van der Waals surface area (Å²) >= 11 is 0. The summed E-state index contributed by atoms with van der Waals surface area (Å²) in [4.78, 5) is 30.9. The van der Waals surface area contributed by atoms with Gasteiger partial charge in [-0.05, 0) is 31.2 Å². The molecule has 0 radical (unpaired) electrons. The minimum absolute atomic E-state index is 0.108. The highest BCUT2D eigenvalue weighted by atomic mass is 19.4. The van der Waals surface area contributed by atoms with Gasteiger partial charge in [0.15, 0.2) is 0 Å². The Labute approximate surface area is 200 Å². The maximum Gasteiger partial charge on any atom is 0.416 e. The van der Waals surface area contributed by atoms with Crippen molar-refractivity contribution in [2.45, 2.75) is 13.1 Å².